The predicted octanol–water partition coefficient (Wildman–Crippen LogP) is 2.09. The zero-order valence-electron chi connectivity index (χ0n) is 12.7. The molecule has 0 unspecified atom stereocenters. The summed E-state index contributed by atoms with van der Waals surface area (Å²) in [5.74, 6) is -2.29. The zero-order valence-corrected chi connectivity index (χ0v) is 13.5. The molecule has 0 aliphatic heterocycles. The molecule has 0 saturated heterocycles. The van der Waals surface area contributed by atoms with Gasteiger partial charge in [0.05, 0.1) is 5.69 Å². The Morgan fingerprint density at radius 3 is 2.25 bits per heavy atom. The molecule has 2 aromatic carbocycles. The fourth-order valence-corrected chi connectivity index (χ4v) is 1.87. The molecule has 8 heteroatoms. The molecule has 4 N–H and O–H groups in total. The Morgan fingerprint density at radius 2 is 1.58 bits per heavy atom. The molecule has 0 radical (unpaired) electrons. The fourth-order valence-electron chi connectivity index (χ4n) is 1.71. The second-order valence-electron chi connectivity index (χ2n) is 4.83. The van der Waals surface area contributed by atoms with Gasteiger partial charge in [0.15, 0.2) is 5.11 Å². The molecule has 0 spiro atoms. The number of nitrogens with one attached hydrogen (secondary N) is 4. The third-order valence-electron chi connectivity index (χ3n) is 2.93. The number of para-hydroxylation sites is 1. The molecule has 0 heterocycles. The Balaban J connectivity index is 1.81. The Bertz CT molecular complexity index is 765. The minimum atomic E-state index is -0.937. The second-order valence-corrected chi connectivity index (χ2v) is 5.24. The van der Waals surface area contributed by atoms with Gasteiger partial charge in [-0.3, -0.25) is 20.4 Å². The monoisotopic (exact) mass is 346 g/mol. The van der Waals surface area contributed by atoms with E-state index in [1.54, 1.807) is 30.3 Å². The summed E-state index contributed by atoms with van der Waals surface area (Å²) in [5.41, 5.74) is 6.12. The van der Waals surface area contributed by atoms with Crippen LogP contribution in [-0.4, -0.2) is 16.9 Å². The maximum absolute atomic E-state index is 13.4. The highest BCUT2D eigenvalue weighted by molar-refractivity contribution is 7.80. The number of aryl methyl sites for hydroxylation is 1. The Morgan fingerprint density at radius 1 is 0.917 bits per heavy atom. The van der Waals surface area contributed by atoms with E-state index in [9.17, 15) is 14.0 Å². The number of benzene rings is 2. The molecule has 0 saturated carbocycles. The lowest BCUT2D eigenvalue weighted by atomic mass is 10.2. The Hall–Kier alpha value is -3.00. The quantitative estimate of drug-likeness (QED) is 0.380. The highest BCUT2D eigenvalue weighted by Crippen LogP contribution is 2.11. The number of thiocarbonyl (C=S) groups is 1. The van der Waals surface area contributed by atoms with E-state index in [1.807, 2.05) is 6.92 Å². The van der Waals surface area contributed by atoms with Crippen LogP contribution in [0.1, 0.15) is 5.56 Å². The molecule has 0 aliphatic carbocycles. The third kappa shape index (κ3) is 5.03. The van der Waals surface area contributed by atoms with E-state index < -0.39 is 17.6 Å². The van der Waals surface area contributed by atoms with Crippen LogP contribution >= 0.6 is 12.2 Å². The van der Waals surface area contributed by atoms with Crippen molar-refractivity contribution in [3.8, 4) is 0 Å². The van der Waals surface area contributed by atoms with Crippen LogP contribution in [0.15, 0.2) is 48.5 Å². The summed E-state index contributed by atoms with van der Waals surface area (Å²) in [7, 11) is 0. The average molecular weight is 346 g/mol. The molecule has 2 rings (SSSR count). The standard InChI is InChI=1S/C16H15FN4O2S/c1-10-6-8-11(9-7-10)18-14(22)15(23)20-21-16(24)19-13-5-3-2-4-12(13)17/h2-9H,1H3,(H,18,22)(H,20,23)(H2,19,21,24). The summed E-state index contributed by atoms with van der Waals surface area (Å²) in [6.45, 7) is 1.91. The number of carbonyl (C=O) groups excluding carboxylic acids is 2. The van der Waals surface area contributed by atoms with Crippen molar-refractivity contribution in [2.24, 2.45) is 0 Å². The smallest absolute Gasteiger partial charge is 0.328 e. The number of amides is 2. The Labute approximate surface area is 143 Å². The van der Waals surface area contributed by atoms with Crippen molar-refractivity contribution in [2.75, 3.05) is 10.6 Å². The van der Waals surface area contributed by atoms with Gasteiger partial charge in [0.25, 0.3) is 0 Å². The van der Waals surface area contributed by atoms with Gasteiger partial charge < -0.3 is 10.6 Å². The lowest BCUT2D eigenvalue weighted by molar-refractivity contribution is -0.136. The summed E-state index contributed by atoms with van der Waals surface area (Å²) in [6.07, 6.45) is 0. The second kappa shape index (κ2) is 8.02. The van der Waals surface area contributed by atoms with Crippen molar-refractivity contribution in [1.29, 1.82) is 0 Å². The van der Waals surface area contributed by atoms with Gasteiger partial charge in [0, 0.05) is 5.69 Å². The van der Waals surface area contributed by atoms with Gasteiger partial charge >= 0.3 is 11.8 Å². The topological polar surface area (TPSA) is 82.3 Å². The predicted molar refractivity (Wildman–Crippen MR) is 93.7 cm³/mol. The molecular weight excluding hydrogens is 331 g/mol. The van der Waals surface area contributed by atoms with Crippen LogP contribution in [0.4, 0.5) is 15.8 Å². The van der Waals surface area contributed by atoms with Gasteiger partial charge in [-0.2, -0.15) is 0 Å². The number of hydrogen-bond donors (Lipinski definition) is 4. The van der Waals surface area contributed by atoms with Crippen molar-refractivity contribution in [3.63, 3.8) is 0 Å². The lowest BCUT2D eigenvalue weighted by Gasteiger charge is -2.12. The molecule has 24 heavy (non-hydrogen) atoms. The van der Waals surface area contributed by atoms with E-state index in [0.29, 0.717) is 5.69 Å². The largest absolute Gasteiger partial charge is 0.329 e. The molecule has 0 aromatic heterocycles. The third-order valence-corrected chi connectivity index (χ3v) is 3.13. The van der Waals surface area contributed by atoms with E-state index >= 15 is 0 Å². The van der Waals surface area contributed by atoms with Crippen LogP contribution in [0.5, 0.6) is 0 Å². The maximum atomic E-state index is 13.4. The molecule has 0 atom stereocenters. The van der Waals surface area contributed by atoms with Crippen LogP contribution in [0, 0.1) is 12.7 Å². The van der Waals surface area contributed by atoms with E-state index in [-0.39, 0.29) is 10.8 Å². The van der Waals surface area contributed by atoms with Crippen molar-refractivity contribution >= 4 is 40.5 Å². The lowest BCUT2D eigenvalue weighted by Crippen LogP contribution is -2.48. The molecular formula is C16H15FN4O2S. The van der Waals surface area contributed by atoms with Gasteiger partial charge in [-0.25, -0.2) is 4.39 Å². The molecule has 0 aliphatic rings. The normalized spacial score (nSPS) is 9.75. The van der Waals surface area contributed by atoms with Crippen LogP contribution in [0.25, 0.3) is 0 Å². The zero-order chi connectivity index (χ0) is 17.5. The summed E-state index contributed by atoms with van der Waals surface area (Å²) in [4.78, 5) is 23.4. The maximum Gasteiger partial charge on any atom is 0.328 e. The number of halogens is 1. The van der Waals surface area contributed by atoms with Crippen molar-refractivity contribution in [3.05, 3.63) is 59.9 Å². The van der Waals surface area contributed by atoms with E-state index in [2.05, 4.69) is 21.5 Å². The molecule has 0 bridgehead atoms. The van der Waals surface area contributed by atoms with Crippen molar-refractivity contribution in [2.45, 2.75) is 6.92 Å². The summed E-state index contributed by atoms with van der Waals surface area (Å²) in [6, 6.07) is 12.9. The number of anilines is 2. The molecule has 6 nitrogen and oxygen atoms in total. The summed E-state index contributed by atoms with van der Waals surface area (Å²) in [5, 5.41) is 4.94. The van der Waals surface area contributed by atoms with Crippen molar-refractivity contribution in [1.82, 2.24) is 10.9 Å². The first kappa shape index (κ1) is 17.4. The van der Waals surface area contributed by atoms with Crippen LogP contribution in [0.3, 0.4) is 0 Å². The van der Waals surface area contributed by atoms with E-state index in [1.165, 1.54) is 18.2 Å². The number of hydrogen-bond acceptors (Lipinski definition) is 3. The molecule has 124 valence electrons. The van der Waals surface area contributed by atoms with Crippen LogP contribution in [0.2, 0.25) is 0 Å². The highest BCUT2D eigenvalue weighted by atomic mass is 32.1. The molecule has 0 fully saturated rings. The SMILES string of the molecule is Cc1ccc(NC(=O)C(=O)NNC(=S)Nc2ccccc2F)cc1. The van der Waals surface area contributed by atoms with Gasteiger partial charge in [0.2, 0.25) is 0 Å². The van der Waals surface area contributed by atoms with Gasteiger partial charge in [0.1, 0.15) is 5.82 Å². The Kier molecular flexibility index (Phi) is 5.80. The van der Waals surface area contributed by atoms with Crippen LogP contribution in [-0.2, 0) is 9.59 Å². The minimum Gasteiger partial charge on any atom is -0.329 e. The highest BCUT2D eigenvalue weighted by Gasteiger charge is 2.14. The first-order valence-electron chi connectivity index (χ1n) is 6.95. The summed E-state index contributed by atoms with van der Waals surface area (Å²) < 4.78 is 13.4. The fraction of sp³-hybridized carbons (Fsp3) is 0.0625. The number of rotatable bonds is 2. The molecule has 2 amide bonds. The number of hydrazine groups is 1. The van der Waals surface area contributed by atoms with Gasteiger partial charge in [-0.05, 0) is 43.4 Å². The minimum absolute atomic E-state index is 0.0587. The van der Waals surface area contributed by atoms with E-state index in [0.717, 1.165) is 5.56 Å². The van der Waals surface area contributed by atoms with Crippen molar-refractivity contribution < 1.29 is 14.0 Å². The average Bonchev–Trinajstić information content (AvgIpc) is 2.57. The van der Waals surface area contributed by atoms with Gasteiger partial charge in [-0.1, -0.05) is 29.8 Å². The van der Waals surface area contributed by atoms with E-state index in [4.69, 9.17) is 12.2 Å². The van der Waals surface area contributed by atoms with Gasteiger partial charge in [-0.15, -0.1) is 0 Å². The first-order valence-corrected chi connectivity index (χ1v) is 7.36. The molecule has 2 aromatic rings. The number of carbonyl (C=O) groups is 2. The van der Waals surface area contributed by atoms with Crippen LogP contribution < -0.4 is 21.5 Å². The summed E-state index contributed by atoms with van der Waals surface area (Å²) >= 11 is 4.91. The first-order chi connectivity index (χ1) is 11.5.